The molecule has 0 aliphatic heterocycles. The number of pyridine rings is 1. The number of primary amides is 1. The minimum atomic E-state index is -0.480. The van der Waals surface area contributed by atoms with E-state index in [4.69, 9.17) is 5.73 Å². The summed E-state index contributed by atoms with van der Waals surface area (Å²) in [7, 11) is 1.30. The minimum Gasteiger partial charge on any atom is -0.465 e. The summed E-state index contributed by atoms with van der Waals surface area (Å²) in [5.74, 6) is -0.513. The molecule has 17 heavy (non-hydrogen) atoms. The number of aromatic nitrogens is 1. The van der Waals surface area contributed by atoms with Crippen molar-refractivity contribution < 1.29 is 14.3 Å². The summed E-state index contributed by atoms with van der Waals surface area (Å²) < 4.78 is 4.63. The summed E-state index contributed by atoms with van der Waals surface area (Å²) in [5.41, 5.74) is 5.41. The van der Waals surface area contributed by atoms with Crippen LogP contribution in [0.25, 0.3) is 0 Å². The maximum Gasteiger partial charge on any atom is 0.341 e. The lowest BCUT2D eigenvalue weighted by atomic mass is 10.2. The van der Waals surface area contributed by atoms with E-state index in [1.807, 2.05) is 0 Å². The highest BCUT2D eigenvalue weighted by Crippen LogP contribution is 2.14. The third-order valence-corrected chi connectivity index (χ3v) is 2.10. The van der Waals surface area contributed by atoms with Crippen molar-refractivity contribution in [2.45, 2.75) is 19.4 Å². The summed E-state index contributed by atoms with van der Waals surface area (Å²) in [5, 5.41) is 2.94. The van der Waals surface area contributed by atoms with Gasteiger partial charge in [-0.25, -0.2) is 9.78 Å². The molecule has 1 aromatic heterocycles. The first-order valence-corrected chi connectivity index (χ1v) is 5.12. The number of methoxy groups -OCH3 is 1. The normalized spacial score (nSPS) is 11.6. The molecule has 1 amide bonds. The van der Waals surface area contributed by atoms with Crippen LogP contribution in [0, 0.1) is 0 Å². The molecule has 6 heteroatoms. The molecular formula is C11H15N3O3. The van der Waals surface area contributed by atoms with Crippen molar-refractivity contribution in [3.05, 3.63) is 23.9 Å². The topological polar surface area (TPSA) is 94.3 Å². The molecule has 1 unspecified atom stereocenters. The van der Waals surface area contributed by atoms with Gasteiger partial charge in [-0.3, -0.25) is 4.79 Å². The van der Waals surface area contributed by atoms with E-state index in [-0.39, 0.29) is 12.5 Å². The number of hydrogen-bond donors (Lipinski definition) is 2. The fourth-order valence-electron chi connectivity index (χ4n) is 1.38. The molecule has 0 fully saturated rings. The quantitative estimate of drug-likeness (QED) is 0.729. The molecule has 0 aliphatic rings. The molecule has 0 saturated carbocycles. The molecular weight excluding hydrogens is 222 g/mol. The van der Waals surface area contributed by atoms with Crippen molar-refractivity contribution in [2.75, 3.05) is 12.4 Å². The second kappa shape index (κ2) is 5.83. The average molecular weight is 237 g/mol. The van der Waals surface area contributed by atoms with Crippen molar-refractivity contribution in [3.63, 3.8) is 0 Å². The van der Waals surface area contributed by atoms with Gasteiger partial charge in [0.15, 0.2) is 0 Å². The van der Waals surface area contributed by atoms with E-state index in [1.54, 1.807) is 25.3 Å². The van der Waals surface area contributed by atoms with Crippen LogP contribution < -0.4 is 11.1 Å². The Morgan fingerprint density at radius 2 is 2.29 bits per heavy atom. The molecule has 1 rings (SSSR count). The molecule has 0 aromatic carbocycles. The van der Waals surface area contributed by atoms with Crippen molar-refractivity contribution in [1.29, 1.82) is 0 Å². The molecule has 3 N–H and O–H groups in total. The monoisotopic (exact) mass is 237 g/mol. The van der Waals surface area contributed by atoms with Gasteiger partial charge in [0.1, 0.15) is 11.4 Å². The predicted octanol–water partition coefficient (Wildman–Crippen LogP) is 0.544. The van der Waals surface area contributed by atoms with E-state index in [1.165, 1.54) is 7.11 Å². The fraction of sp³-hybridized carbons (Fsp3) is 0.364. The van der Waals surface area contributed by atoms with Crippen molar-refractivity contribution in [1.82, 2.24) is 4.98 Å². The largest absolute Gasteiger partial charge is 0.465 e. The Morgan fingerprint density at radius 3 is 2.88 bits per heavy atom. The van der Waals surface area contributed by atoms with Crippen LogP contribution in [0.4, 0.5) is 5.82 Å². The second-order valence-corrected chi connectivity index (χ2v) is 3.61. The van der Waals surface area contributed by atoms with Gasteiger partial charge in [0, 0.05) is 18.7 Å². The van der Waals surface area contributed by atoms with Gasteiger partial charge in [-0.15, -0.1) is 0 Å². The molecule has 0 spiro atoms. The van der Waals surface area contributed by atoms with E-state index in [0.717, 1.165) is 0 Å². The van der Waals surface area contributed by atoms with Crippen LogP contribution in [0.2, 0.25) is 0 Å². The standard InChI is InChI=1S/C11H15N3O3/c1-7(6-9(12)15)14-10-8(11(16)17-2)4-3-5-13-10/h3-5,7H,6H2,1-2H3,(H2,12,15)(H,13,14). The van der Waals surface area contributed by atoms with Gasteiger partial charge in [-0.2, -0.15) is 0 Å². The van der Waals surface area contributed by atoms with Crippen molar-refractivity contribution >= 4 is 17.7 Å². The zero-order valence-corrected chi connectivity index (χ0v) is 9.77. The molecule has 0 radical (unpaired) electrons. The lowest BCUT2D eigenvalue weighted by molar-refractivity contribution is -0.118. The van der Waals surface area contributed by atoms with Gasteiger partial charge in [-0.05, 0) is 19.1 Å². The number of rotatable bonds is 5. The Labute approximate surface area is 99.2 Å². The highest BCUT2D eigenvalue weighted by Gasteiger charge is 2.14. The maximum absolute atomic E-state index is 11.4. The minimum absolute atomic E-state index is 0.164. The number of amides is 1. The number of hydrogen-bond acceptors (Lipinski definition) is 5. The van der Waals surface area contributed by atoms with Crippen LogP contribution in [0.15, 0.2) is 18.3 Å². The highest BCUT2D eigenvalue weighted by molar-refractivity contribution is 5.94. The second-order valence-electron chi connectivity index (χ2n) is 3.61. The summed E-state index contributed by atoms with van der Waals surface area (Å²) in [6, 6.07) is 3.03. The van der Waals surface area contributed by atoms with Gasteiger partial charge in [0.2, 0.25) is 5.91 Å². The van der Waals surface area contributed by atoms with Gasteiger partial charge < -0.3 is 15.8 Å². The van der Waals surface area contributed by atoms with Crippen LogP contribution in [0.5, 0.6) is 0 Å². The average Bonchev–Trinajstić information content (AvgIpc) is 2.27. The van der Waals surface area contributed by atoms with E-state index < -0.39 is 11.9 Å². The fourth-order valence-corrected chi connectivity index (χ4v) is 1.38. The van der Waals surface area contributed by atoms with Crippen LogP contribution in [-0.2, 0) is 9.53 Å². The molecule has 0 aliphatic carbocycles. The zero-order chi connectivity index (χ0) is 12.8. The summed E-state index contributed by atoms with van der Waals surface area (Å²) in [6.45, 7) is 1.78. The molecule has 92 valence electrons. The Bertz CT molecular complexity index is 420. The number of ether oxygens (including phenoxy) is 1. The number of carbonyl (C=O) groups excluding carboxylic acids is 2. The van der Waals surface area contributed by atoms with E-state index in [2.05, 4.69) is 15.0 Å². The molecule has 0 bridgehead atoms. The third-order valence-electron chi connectivity index (χ3n) is 2.10. The van der Waals surface area contributed by atoms with E-state index in [9.17, 15) is 9.59 Å². The molecule has 1 aromatic rings. The van der Waals surface area contributed by atoms with Gasteiger partial charge >= 0.3 is 5.97 Å². The lowest BCUT2D eigenvalue weighted by Crippen LogP contribution is -2.25. The molecule has 1 heterocycles. The number of nitrogens with one attached hydrogen (secondary N) is 1. The Balaban J connectivity index is 2.83. The van der Waals surface area contributed by atoms with Crippen LogP contribution >= 0.6 is 0 Å². The van der Waals surface area contributed by atoms with Crippen LogP contribution in [-0.4, -0.2) is 30.0 Å². The number of carbonyl (C=O) groups is 2. The smallest absolute Gasteiger partial charge is 0.341 e. The van der Waals surface area contributed by atoms with Crippen LogP contribution in [0.1, 0.15) is 23.7 Å². The Morgan fingerprint density at radius 1 is 1.59 bits per heavy atom. The number of nitrogens with two attached hydrogens (primary N) is 1. The van der Waals surface area contributed by atoms with E-state index >= 15 is 0 Å². The first-order valence-electron chi connectivity index (χ1n) is 5.12. The van der Waals surface area contributed by atoms with Crippen molar-refractivity contribution in [3.8, 4) is 0 Å². The van der Waals surface area contributed by atoms with Gasteiger partial charge in [-0.1, -0.05) is 0 Å². The molecule has 1 atom stereocenters. The maximum atomic E-state index is 11.4. The Kier molecular flexibility index (Phi) is 4.45. The number of nitrogens with zero attached hydrogens (tertiary/aromatic N) is 1. The highest BCUT2D eigenvalue weighted by atomic mass is 16.5. The zero-order valence-electron chi connectivity index (χ0n) is 9.77. The first kappa shape index (κ1) is 13.0. The number of anilines is 1. The first-order chi connectivity index (χ1) is 8.04. The summed E-state index contributed by atoms with van der Waals surface area (Å²) in [4.78, 5) is 26.2. The molecule has 6 nitrogen and oxygen atoms in total. The molecule has 0 saturated heterocycles. The third kappa shape index (κ3) is 3.75. The predicted molar refractivity (Wildman–Crippen MR) is 62.5 cm³/mol. The van der Waals surface area contributed by atoms with Gasteiger partial charge in [0.25, 0.3) is 0 Å². The Hall–Kier alpha value is -2.11. The number of esters is 1. The van der Waals surface area contributed by atoms with Gasteiger partial charge in [0.05, 0.1) is 7.11 Å². The summed E-state index contributed by atoms with van der Waals surface area (Å²) in [6.07, 6.45) is 1.71. The summed E-state index contributed by atoms with van der Waals surface area (Å²) >= 11 is 0. The lowest BCUT2D eigenvalue weighted by Gasteiger charge is -2.14. The van der Waals surface area contributed by atoms with Crippen LogP contribution in [0.3, 0.4) is 0 Å². The SMILES string of the molecule is COC(=O)c1cccnc1NC(C)CC(N)=O. The van der Waals surface area contributed by atoms with Crippen molar-refractivity contribution in [2.24, 2.45) is 5.73 Å². The van der Waals surface area contributed by atoms with E-state index in [0.29, 0.717) is 11.4 Å².